The fraction of sp³-hybridized carbons (Fsp3) is 0.235. The van der Waals surface area contributed by atoms with Crippen molar-refractivity contribution >= 4 is 17.5 Å². The quantitative estimate of drug-likeness (QED) is 0.882. The average Bonchev–Trinajstić information content (AvgIpc) is 3.02. The number of carbonyl (C=O) groups is 1. The molecule has 6 heteroatoms. The van der Waals surface area contributed by atoms with Crippen LogP contribution in [0.3, 0.4) is 0 Å². The molecule has 0 saturated heterocycles. The monoisotopic (exact) mass is 333 g/mol. The van der Waals surface area contributed by atoms with Crippen molar-refractivity contribution in [3.63, 3.8) is 0 Å². The van der Waals surface area contributed by atoms with Gasteiger partial charge >= 0.3 is 0 Å². The van der Waals surface area contributed by atoms with Crippen LogP contribution >= 0.6 is 11.6 Å². The Bertz CT molecular complexity index is 719. The van der Waals surface area contributed by atoms with E-state index < -0.39 is 6.10 Å². The Morgan fingerprint density at radius 2 is 2.00 bits per heavy atom. The molecular formula is C17H16ClNO4. The zero-order valence-electron chi connectivity index (χ0n) is 12.3. The van der Waals surface area contributed by atoms with Gasteiger partial charge in [-0.1, -0.05) is 29.8 Å². The molecule has 5 nitrogen and oxygen atoms in total. The van der Waals surface area contributed by atoms with Crippen LogP contribution in [0.1, 0.15) is 28.4 Å². The summed E-state index contributed by atoms with van der Waals surface area (Å²) in [5, 5.41) is 13.4. The minimum atomic E-state index is -0.698. The number of aliphatic hydroxyl groups is 1. The van der Waals surface area contributed by atoms with Crippen LogP contribution in [-0.4, -0.2) is 24.4 Å². The van der Waals surface area contributed by atoms with E-state index in [-0.39, 0.29) is 12.7 Å². The molecule has 2 aromatic carbocycles. The van der Waals surface area contributed by atoms with E-state index in [0.29, 0.717) is 35.1 Å². The third kappa shape index (κ3) is 3.57. The minimum absolute atomic E-state index is 0.197. The minimum Gasteiger partial charge on any atom is -0.454 e. The van der Waals surface area contributed by atoms with Gasteiger partial charge in [-0.15, -0.1) is 0 Å². The largest absolute Gasteiger partial charge is 0.454 e. The van der Waals surface area contributed by atoms with E-state index in [0.717, 1.165) is 5.56 Å². The van der Waals surface area contributed by atoms with E-state index in [1.165, 1.54) is 0 Å². The Morgan fingerprint density at radius 3 is 2.83 bits per heavy atom. The van der Waals surface area contributed by atoms with E-state index in [1.54, 1.807) is 42.5 Å². The normalized spacial score (nSPS) is 13.7. The highest BCUT2D eigenvalue weighted by atomic mass is 35.5. The molecule has 1 amide bonds. The summed E-state index contributed by atoms with van der Waals surface area (Å²) in [5.74, 6) is 1.04. The van der Waals surface area contributed by atoms with E-state index in [2.05, 4.69) is 5.32 Å². The SMILES string of the molecule is O=C(NCC[C@@H](O)c1ccc2c(c1)OCO2)c1ccccc1Cl. The van der Waals surface area contributed by atoms with Crippen LogP contribution in [-0.2, 0) is 0 Å². The van der Waals surface area contributed by atoms with Crippen LogP contribution in [0.4, 0.5) is 0 Å². The lowest BCUT2D eigenvalue weighted by Gasteiger charge is -2.12. The van der Waals surface area contributed by atoms with Crippen molar-refractivity contribution in [1.82, 2.24) is 5.32 Å². The summed E-state index contributed by atoms with van der Waals surface area (Å²) in [5.41, 5.74) is 1.15. The number of ether oxygens (including phenoxy) is 2. The summed E-state index contributed by atoms with van der Waals surface area (Å²) in [6, 6.07) is 12.1. The van der Waals surface area contributed by atoms with Crippen LogP contribution in [0, 0.1) is 0 Å². The predicted octanol–water partition coefficient (Wildman–Crippen LogP) is 2.92. The van der Waals surface area contributed by atoms with Gasteiger partial charge in [0.1, 0.15) is 0 Å². The summed E-state index contributed by atoms with van der Waals surface area (Å²) in [7, 11) is 0. The number of rotatable bonds is 5. The molecular weight excluding hydrogens is 318 g/mol. The average molecular weight is 334 g/mol. The first kappa shape index (κ1) is 15.6. The Kier molecular flexibility index (Phi) is 4.69. The second kappa shape index (κ2) is 6.89. The number of nitrogens with one attached hydrogen (secondary N) is 1. The van der Waals surface area contributed by atoms with E-state index in [9.17, 15) is 9.90 Å². The maximum atomic E-state index is 12.0. The number of halogens is 1. The Hall–Kier alpha value is -2.24. The van der Waals surface area contributed by atoms with Gasteiger partial charge in [-0.25, -0.2) is 0 Å². The molecule has 3 rings (SSSR count). The highest BCUT2D eigenvalue weighted by Gasteiger charge is 2.17. The van der Waals surface area contributed by atoms with Gasteiger partial charge < -0.3 is 19.9 Å². The molecule has 0 aromatic heterocycles. The van der Waals surface area contributed by atoms with Crippen LogP contribution in [0.5, 0.6) is 11.5 Å². The lowest BCUT2D eigenvalue weighted by molar-refractivity contribution is 0.0942. The maximum absolute atomic E-state index is 12.0. The zero-order chi connectivity index (χ0) is 16.2. The highest BCUT2D eigenvalue weighted by molar-refractivity contribution is 6.33. The number of benzene rings is 2. The van der Waals surface area contributed by atoms with Crippen LogP contribution in [0.25, 0.3) is 0 Å². The van der Waals surface area contributed by atoms with E-state index >= 15 is 0 Å². The summed E-state index contributed by atoms with van der Waals surface area (Å²) in [6.45, 7) is 0.530. The first-order chi connectivity index (χ1) is 11.1. The number of aliphatic hydroxyl groups excluding tert-OH is 1. The lowest BCUT2D eigenvalue weighted by Crippen LogP contribution is -2.25. The predicted molar refractivity (Wildman–Crippen MR) is 85.9 cm³/mol. The van der Waals surface area contributed by atoms with Crippen LogP contribution < -0.4 is 14.8 Å². The third-order valence-electron chi connectivity index (χ3n) is 3.60. The van der Waals surface area contributed by atoms with Crippen molar-refractivity contribution < 1.29 is 19.4 Å². The zero-order valence-corrected chi connectivity index (χ0v) is 13.0. The fourth-order valence-electron chi connectivity index (χ4n) is 2.35. The molecule has 0 aliphatic carbocycles. The smallest absolute Gasteiger partial charge is 0.252 e. The number of hydrogen-bond acceptors (Lipinski definition) is 4. The molecule has 0 saturated carbocycles. The summed E-state index contributed by atoms with van der Waals surface area (Å²) < 4.78 is 10.5. The van der Waals surface area contributed by atoms with Gasteiger partial charge in [-0.2, -0.15) is 0 Å². The van der Waals surface area contributed by atoms with Gasteiger partial charge in [-0.05, 0) is 36.2 Å². The molecule has 2 aromatic rings. The van der Waals surface area contributed by atoms with Crippen molar-refractivity contribution in [2.24, 2.45) is 0 Å². The van der Waals surface area contributed by atoms with Crippen molar-refractivity contribution in [2.45, 2.75) is 12.5 Å². The molecule has 2 N–H and O–H groups in total. The molecule has 1 aliphatic heterocycles. The van der Waals surface area contributed by atoms with Crippen molar-refractivity contribution in [3.05, 3.63) is 58.6 Å². The Balaban J connectivity index is 1.54. The van der Waals surface area contributed by atoms with Crippen molar-refractivity contribution in [3.8, 4) is 11.5 Å². The van der Waals surface area contributed by atoms with Gasteiger partial charge in [0, 0.05) is 6.54 Å². The van der Waals surface area contributed by atoms with Crippen molar-refractivity contribution in [1.29, 1.82) is 0 Å². The van der Waals surface area contributed by atoms with Gasteiger partial charge in [0.2, 0.25) is 6.79 Å². The van der Waals surface area contributed by atoms with Crippen LogP contribution in [0.15, 0.2) is 42.5 Å². The number of hydrogen-bond donors (Lipinski definition) is 2. The Morgan fingerprint density at radius 1 is 1.22 bits per heavy atom. The molecule has 120 valence electrons. The lowest BCUT2D eigenvalue weighted by atomic mass is 10.1. The number of fused-ring (bicyclic) bond motifs is 1. The number of amides is 1. The first-order valence-corrected chi connectivity index (χ1v) is 7.63. The molecule has 0 fully saturated rings. The van der Waals surface area contributed by atoms with Crippen LogP contribution in [0.2, 0.25) is 5.02 Å². The van der Waals surface area contributed by atoms with Gasteiger partial charge in [0.05, 0.1) is 16.7 Å². The highest BCUT2D eigenvalue weighted by Crippen LogP contribution is 2.34. The molecule has 1 atom stereocenters. The first-order valence-electron chi connectivity index (χ1n) is 7.25. The maximum Gasteiger partial charge on any atom is 0.252 e. The molecule has 0 unspecified atom stereocenters. The standard InChI is InChI=1S/C17H16ClNO4/c18-13-4-2-1-3-12(13)17(21)19-8-7-14(20)11-5-6-15-16(9-11)23-10-22-15/h1-6,9,14,20H,7-8,10H2,(H,19,21)/t14-/m1/s1. The van der Waals surface area contributed by atoms with Gasteiger partial charge in [-0.3, -0.25) is 4.79 Å². The van der Waals surface area contributed by atoms with Gasteiger partial charge in [0.15, 0.2) is 11.5 Å². The fourth-order valence-corrected chi connectivity index (χ4v) is 2.57. The van der Waals surface area contributed by atoms with E-state index in [1.807, 2.05) is 0 Å². The van der Waals surface area contributed by atoms with Crippen molar-refractivity contribution in [2.75, 3.05) is 13.3 Å². The molecule has 0 spiro atoms. The Labute approximate surface area is 138 Å². The summed E-state index contributed by atoms with van der Waals surface area (Å²) in [4.78, 5) is 12.0. The molecule has 0 radical (unpaired) electrons. The molecule has 23 heavy (non-hydrogen) atoms. The molecule has 0 bridgehead atoms. The number of carbonyl (C=O) groups excluding carboxylic acids is 1. The topological polar surface area (TPSA) is 67.8 Å². The summed E-state index contributed by atoms with van der Waals surface area (Å²) in [6.07, 6.45) is -0.313. The van der Waals surface area contributed by atoms with Gasteiger partial charge in [0.25, 0.3) is 5.91 Å². The van der Waals surface area contributed by atoms with E-state index in [4.69, 9.17) is 21.1 Å². The second-order valence-corrected chi connectivity index (χ2v) is 5.56. The molecule has 1 aliphatic rings. The second-order valence-electron chi connectivity index (χ2n) is 5.15. The summed E-state index contributed by atoms with van der Waals surface area (Å²) >= 11 is 5.97. The third-order valence-corrected chi connectivity index (χ3v) is 3.93. The molecule has 1 heterocycles.